The highest BCUT2D eigenvalue weighted by Gasteiger charge is 2.17. The first-order chi connectivity index (χ1) is 16.4. The number of aromatic nitrogens is 5. The van der Waals surface area contributed by atoms with E-state index in [2.05, 4.69) is 113 Å². The van der Waals surface area contributed by atoms with Crippen LogP contribution in [-0.2, 0) is 24.8 Å². The maximum absolute atomic E-state index is 4.94. The average Bonchev–Trinajstić information content (AvgIpc) is 3.38. The lowest BCUT2D eigenvalue weighted by molar-refractivity contribution is 0.590. The molecule has 0 spiro atoms. The van der Waals surface area contributed by atoms with Gasteiger partial charge in [-0.25, -0.2) is 4.98 Å². The maximum Gasteiger partial charge on any atom is 0.191 e. The van der Waals surface area contributed by atoms with Gasteiger partial charge >= 0.3 is 0 Å². The molecule has 0 saturated heterocycles. The third-order valence-electron chi connectivity index (χ3n) is 6.09. The second-order valence-electron chi connectivity index (χ2n) is 9.57. The molecule has 0 aliphatic heterocycles. The van der Waals surface area contributed by atoms with Crippen molar-refractivity contribution in [1.29, 1.82) is 0 Å². The summed E-state index contributed by atoms with van der Waals surface area (Å²) in [6.07, 6.45) is 0. The Morgan fingerprint density at radius 1 is 0.824 bits per heavy atom. The Morgan fingerprint density at radius 2 is 1.53 bits per heavy atom. The second kappa shape index (κ2) is 9.11. The fourth-order valence-electron chi connectivity index (χ4n) is 4.12. The highest BCUT2D eigenvalue weighted by Crippen LogP contribution is 2.29. The summed E-state index contributed by atoms with van der Waals surface area (Å²) in [7, 11) is 2.03. The number of hydrogen-bond acceptors (Lipinski definition) is 4. The molecule has 0 bridgehead atoms. The first-order valence-electron chi connectivity index (χ1n) is 11.5. The Kier molecular flexibility index (Phi) is 6.00. The standard InChI is InChI=1S/C28H29N5S/c1-28(2,3)22-16-14-21(15-17-22)26-30-31-27(32(26)4)34-19-25-29-23-12-8-9-13-24(23)33(25)18-20-10-6-5-7-11-20/h5-17H,18-19H2,1-4H3. The minimum atomic E-state index is 0.130. The lowest BCUT2D eigenvalue weighted by Crippen LogP contribution is -2.10. The van der Waals surface area contributed by atoms with Crippen LogP contribution in [0.5, 0.6) is 0 Å². The minimum absolute atomic E-state index is 0.130. The van der Waals surface area contributed by atoms with E-state index in [4.69, 9.17) is 4.98 Å². The third-order valence-corrected chi connectivity index (χ3v) is 7.11. The van der Waals surface area contributed by atoms with E-state index < -0.39 is 0 Å². The van der Waals surface area contributed by atoms with E-state index in [-0.39, 0.29) is 5.41 Å². The zero-order valence-electron chi connectivity index (χ0n) is 20.1. The molecular formula is C28H29N5S. The zero-order valence-corrected chi connectivity index (χ0v) is 20.9. The molecule has 34 heavy (non-hydrogen) atoms. The van der Waals surface area contributed by atoms with Gasteiger partial charge in [-0.15, -0.1) is 10.2 Å². The Labute approximate surface area is 204 Å². The van der Waals surface area contributed by atoms with E-state index in [9.17, 15) is 0 Å². The van der Waals surface area contributed by atoms with Crippen molar-refractivity contribution in [3.8, 4) is 11.4 Å². The maximum atomic E-state index is 4.94. The molecule has 3 aromatic carbocycles. The van der Waals surface area contributed by atoms with E-state index in [0.29, 0.717) is 0 Å². The van der Waals surface area contributed by atoms with E-state index >= 15 is 0 Å². The summed E-state index contributed by atoms with van der Waals surface area (Å²) in [6, 6.07) is 27.5. The van der Waals surface area contributed by atoms with Gasteiger partial charge in [-0.05, 0) is 28.7 Å². The van der Waals surface area contributed by atoms with Crippen molar-refractivity contribution < 1.29 is 0 Å². The van der Waals surface area contributed by atoms with Gasteiger partial charge in [0.05, 0.1) is 16.8 Å². The normalized spacial score (nSPS) is 11.9. The molecule has 6 heteroatoms. The lowest BCUT2D eigenvalue weighted by atomic mass is 9.87. The van der Waals surface area contributed by atoms with Gasteiger partial charge in [0.1, 0.15) is 5.82 Å². The summed E-state index contributed by atoms with van der Waals surface area (Å²) in [4.78, 5) is 4.94. The monoisotopic (exact) mass is 467 g/mol. The predicted octanol–water partition coefficient (Wildman–Crippen LogP) is 6.47. The van der Waals surface area contributed by atoms with E-state index in [1.807, 2.05) is 13.1 Å². The van der Waals surface area contributed by atoms with Crippen LogP contribution in [0.4, 0.5) is 0 Å². The minimum Gasteiger partial charge on any atom is -0.323 e. The molecule has 0 aliphatic carbocycles. The van der Waals surface area contributed by atoms with Crippen LogP contribution in [0.25, 0.3) is 22.4 Å². The van der Waals surface area contributed by atoms with Crippen LogP contribution in [0, 0.1) is 0 Å². The lowest BCUT2D eigenvalue weighted by Gasteiger charge is -2.19. The molecule has 5 rings (SSSR count). The Balaban J connectivity index is 1.39. The topological polar surface area (TPSA) is 48.5 Å². The number of thioether (sulfide) groups is 1. The number of nitrogens with zero attached hydrogens (tertiary/aromatic N) is 5. The highest BCUT2D eigenvalue weighted by molar-refractivity contribution is 7.98. The molecule has 5 nitrogen and oxygen atoms in total. The van der Waals surface area contributed by atoms with Crippen molar-refractivity contribution in [2.24, 2.45) is 7.05 Å². The van der Waals surface area contributed by atoms with Crippen molar-refractivity contribution in [3.05, 3.63) is 95.8 Å². The van der Waals surface area contributed by atoms with Gasteiger partial charge in [0.2, 0.25) is 0 Å². The number of para-hydroxylation sites is 2. The van der Waals surface area contributed by atoms with Crippen molar-refractivity contribution in [2.75, 3.05) is 0 Å². The van der Waals surface area contributed by atoms with Gasteiger partial charge < -0.3 is 9.13 Å². The van der Waals surface area contributed by atoms with E-state index in [1.165, 1.54) is 11.1 Å². The van der Waals surface area contributed by atoms with Crippen LogP contribution in [0.2, 0.25) is 0 Å². The van der Waals surface area contributed by atoms with E-state index in [0.717, 1.165) is 45.7 Å². The smallest absolute Gasteiger partial charge is 0.191 e. The summed E-state index contributed by atoms with van der Waals surface area (Å²) < 4.78 is 4.38. The van der Waals surface area contributed by atoms with Crippen molar-refractivity contribution in [2.45, 2.75) is 43.6 Å². The van der Waals surface area contributed by atoms with Gasteiger partial charge in [0.15, 0.2) is 11.0 Å². The van der Waals surface area contributed by atoms with Crippen LogP contribution in [0.15, 0.2) is 84.0 Å². The number of imidazole rings is 1. The molecule has 2 aromatic heterocycles. The Bertz CT molecular complexity index is 1410. The van der Waals surface area contributed by atoms with Crippen molar-refractivity contribution >= 4 is 22.8 Å². The molecule has 0 aliphatic rings. The molecule has 5 aromatic rings. The SMILES string of the molecule is Cn1c(SCc2nc3ccccc3n2Cc2ccccc2)nnc1-c1ccc(C(C)(C)C)cc1. The number of hydrogen-bond donors (Lipinski definition) is 0. The van der Waals surface area contributed by atoms with Gasteiger partial charge in [-0.3, -0.25) is 0 Å². The van der Waals surface area contributed by atoms with Crippen LogP contribution < -0.4 is 0 Å². The van der Waals surface area contributed by atoms with Gasteiger partial charge in [0.25, 0.3) is 0 Å². The summed E-state index contributed by atoms with van der Waals surface area (Å²) in [5.41, 5.74) is 5.95. The van der Waals surface area contributed by atoms with Crippen LogP contribution in [-0.4, -0.2) is 24.3 Å². The fourth-order valence-corrected chi connectivity index (χ4v) is 4.98. The molecule has 0 saturated carbocycles. The quantitative estimate of drug-likeness (QED) is 0.269. The third kappa shape index (κ3) is 4.50. The second-order valence-corrected chi connectivity index (χ2v) is 10.5. The molecule has 172 valence electrons. The summed E-state index contributed by atoms with van der Waals surface area (Å²) in [5.74, 6) is 2.63. The summed E-state index contributed by atoms with van der Waals surface area (Å²) >= 11 is 1.67. The van der Waals surface area contributed by atoms with Crippen molar-refractivity contribution in [3.63, 3.8) is 0 Å². The zero-order chi connectivity index (χ0) is 23.7. The van der Waals surface area contributed by atoms with E-state index in [1.54, 1.807) is 11.8 Å². The van der Waals surface area contributed by atoms with Gasteiger partial charge in [-0.1, -0.05) is 99.3 Å². The summed E-state index contributed by atoms with van der Waals surface area (Å²) in [6.45, 7) is 7.47. The average molecular weight is 468 g/mol. The first kappa shape index (κ1) is 22.4. The molecule has 0 radical (unpaired) electrons. The molecule has 0 amide bonds. The molecule has 0 N–H and O–H groups in total. The van der Waals surface area contributed by atoms with Crippen LogP contribution >= 0.6 is 11.8 Å². The fraction of sp³-hybridized carbons (Fsp3) is 0.250. The molecule has 0 unspecified atom stereocenters. The molecular weight excluding hydrogens is 438 g/mol. The largest absolute Gasteiger partial charge is 0.323 e. The predicted molar refractivity (Wildman–Crippen MR) is 140 cm³/mol. The molecule has 2 heterocycles. The first-order valence-corrected chi connectivity index (χ1v) is 12.5. The number of benzene rings is 3. The van der Waals surface area contributed by atoms with Crippen molar-refractivity contribution in [1.82, 2.24) is 24.3 Å². The van der Waals surface area contributed by atoms with Gasteiger partial charge in [0, 0.05) is 19.2 Å². The molecule has 0 fully saturated rings. The number of rotatable bonds is 6. The van der Waals surface area contributed by atoms with Crippen LogP contribution in [0.3, 0.4) is 0 Å². The van der Waals surface area contributed by atoms with Crippen LogP contribution in [0.1, 0.15) is 37.7 Å². The molecule has 0 atom stereocenters. The highest BCUT2D eigenvalue weighted by atomic mass is 32.2. The summed E-state index contributed by atoms with van der Waals surface area (Å²) in [5, 5.41) is 9.86. The number of fused-ring (bicyclic) bond motifs is 1. The Morgan fingerprint density at radius 3 is 2.26 bits per heavy atom. The Hall–Kier alpha value is -3.38. The van der Waals surface area contributed by atoms with Gasteiger partial charge in [-0.2, -0.15) is 0 Å².